The van der Waals surface area contributed by atoms with Crippen LogP contribution in [0, 0.1) is 5.92 Å². The standard InChI is InChI=1S/C14H19NO4S/c1-20(18,19)13-5-3-2-4-12(13)15-8-6-11(7-9-15)10-14(16)17/h2-5,11H,6-10H2,1H3,(H,16,17). The Balaban J connectivity index is 2.14. The number of carboxylic acids is 1. The number of para-hydroxylation sites is 1. The van der Waals surface area contributed by atoms with E-state index >= 15 is 0 Å². The summed E-state index contributed by atoms with van der Waals surface area (Å²) in [6, 6.07) is 6.98. The lowest BCUT2D eigenvalue weighted by molar-refractivity contribution is -0.138. The van der Waals surface area contributed by atoms with Gasteiger partial charge < -0.3 is 10.0 Å². The molecule has 1 N–H and O–H groups in total. The van der Waals surface area contributed by atoms with Crippen LogP contribution in [-0.4, -0.2) is 38.8 Å². The number of anilines is 1. The molecule has 0 amide bonds. The van der Waals surface area contributed by atoms with Crippen molar-refractivity contribution in [3.63, 3.8) is 0 Å². The van der Waals surface area contributed by atoms with Crippen LogP contribution in [0.4, 0.5) is 5.69 Å². The lowest BCUT2D eigenvalue weighted by Crippen LogP contribution is -2.35. The third-order valence-electron chi connectivity index (χ3n) is 3.68. The van der Waals surface area contributed by atoms with Gasteiger partial charge in [0.2, 0.25) is 0 Å². The Morgan fingerprint density at radius 1 is 1.30 bits per heavy atom. The molecule has 20 heavy (non-hydrogen) atoms. The number of aliphatic carboxylic acids is 1. The summed E-state index contributed by atoms with van der Waals surface area (Å²) in [6.45, 7) is 1.40. The normalized spacial score (nSPS) is 17.1. The Kier molecular flexibility index (Phi) is 4.32. The summed E-state index contributed by atoms with van der Waals surface area (Å²) in [5.74, 6) is -0.575. The molecule has 0 bridgehead atoms. The molecule has 0 radical (unpaired) electrons. The largest absolute Gasteiger partial charge is 0.481 e. The average Bonchev–Trinajstić information content (AvgIpc) is 2.38. The second-order valence-electron chi connectivity index (χ2n) is 5.27. The first-order valence-electron chi connectivity index (χ1n) is 6.64. The van der Waals surface area contributed by atoms with Crippen molar-refractivity contribution < 1.29 is 18.3 Å². The van der Waals surface area contributed by atoms with Crippen molar-refractivity contribution in [1.82, 2.24) is 0 Å². The molecule has 110 valence electrons. The highest BCUT2D eigenvalue weighted by Gasteiger charge is 2.24. The molecule has 0 atom stereocenters. The number of hydrogen-bond acceptors (Lipinski definition) is 4. The molecule has 1 aliphatic rings. The lowest BCUT2D eigenvalue weighted by Gasteiger charge is -2.34. The summed E-state index contributed by atoms with van der Waals surface area (Å²) >= 11 is 0. The minimum Gasteiger partial charge on any atom is -0.481 e. The van der Waals surface area contributed by atoms with Gasteiger partial charge in [0, 0.05) is 25.8 Å². The van der Waals surface area contributed by atoms with E-state index in [2.05, 4.69) is 0 Å². The number of rotatable bonds is 4. The van der Waals surface area contributed by atoms with Gasteiger partial charge in [-0.3, -0.25) is 4.79 Å². The summed E-state index contributed by atoms with van der Waals surface area (Å²) in [5.41, 5.74) is 0.726. The third-order valence-corrected chi connectivity index (χ3v) is 4.83. The monoisotopic (exact) mass is 297 g/mol. The molecule has 5 nitrogen and oxygen atoms in total. The number of hydrogen-bond donors (Lipinski definition) is 1. The van der Waals surface area contributed by atoms with E-state index in [-0.39, 0.29) is 12.3 Å². The predicted octanol–water partition coefficient (Wildman–Crippen LogP) is 1.78. The van der Waals surface area contributed by atoms with E-state index in [9.17, 15) is 13.2 Å². The number of sulfone groups is 1. The maximum atomic E-state index is 11.8. The van der Waals surface area contributed by atoms with E-state index in [0.717, 1.165) is 18.5 Å². The van der Waals surface area contributed by atoms with Crippen LogP contribution in [0.25, 0.3) is 0 Å². The van der Waals surface area contributed by atoms with Crippen LogP contribution >= 0.6 is 0 Å². The minimum atomic E-state index is -3.25. The zero-order valence-electron chi connectivity index (χ0n) is 11.4. The van der Waals surface area contributed by atoms with E-state index in [0.29, 0.717) is 18.0 Å². The maximum Gasteiger partial charge on any atom is 0.303 e. The van der Waals surface area contributed by atoms with Crippen molar-refractivity contribution in [3.05, 3.63) is 24.3 Å². The number of carboxylic acid groups (broad SMARTS) is 1. The molecule has 1 aromatic carbocycles. The van der Waals surface area contributed by atoms with Crippen LogP contribution in [0.5, 0.6) is 0 Å². The second kappa shape index (κ2) is 5.83. The van der Waals surface area contributed by atoms with Gasteiger partial charge in [-0.25, -0.2) is 8.42 Å². The van der Waals surface area contributed by atoms with E-state index < -0.39 is 15.8 Å². The Morgan fingerprint density at radius 2 is 1.90 bits per heavy atom. The van der Waals surface area contributed by atoms with E-state index in [4.69, 9.17) is 5.11 Å². The van der Waals surface area contributed by atoms with Crippen molar-refractivity contribution in [3.8, 4) is 0 Å². The summed E-state index contributed by atoms with van der Waals surface area (Å²) < 4.78 is 23.6. The molecule has 2 rings (SSSR count). The first kappa shape index (κ1) is 14.8. The fourth-order valence-electron chi connectivity index (χ4n) is 2.66. The van der Waals surface area contributed by atoms with Crippen molar-refractivity contribution in [2.45, 2.75) is 24.2 Å². The van der Waals surface area contributed by atoms with Crippen molar-refractivity contribution in [2.24, 2.45) is 5.92 Å². The lowest BCUT2D eigenvalue weighted by atomic mass is 9.93. The topological polar surface area (TPSA) is 74.7 Å². The summed E-state index contributed by atoms with van der Waals surface area (Å²) in [7, 11) is -3.25. The quantitative estimate of drug-likeness (QED) is 0.917. The first-order chi connectivity index (χ1) is 9.38. The Morgan fingerprint density at radius 3 is 2.45 bits per heavy atom. The van der Waals surface area contributed by atoms with Crippen molar-refractivity contribution in [1.29, 1.82) is 0 Å². The molecule has 1 heterocycles. The molecule has 1 aromatic rings. The highest BCUT2D eigenvalue weighted by Crippen LogP contribution is 2.30. The molecular weight excluding hydrogens is 278 g/mol. The Hall–Kier alpha value is -1.56. The van der Waals surface area contributed by atoms with Gasteiger partial charge in [-0.1, -0.05) is 12.1 Å². The molecule has 0 saturated carbocycles. The summed E-state index contributed by atoms with van der Waals surface area (Å²) in [4.78, 5) is 13.1. The second-order valence-corrected chi connectivity index (χ2v) is 7.25. The maximum absolute atomic E-state index is 11.8. The molecule has 0 aliphatic carbocycles. The highest BCUT2D eigenvalue weighted by atomic mass is 32.2. The average molecular weight is 297 g/mol. The smallest absolute Gasteiger partial charge is 0.303 e. The zero-order valence-corrected chi connectivity index (χ0v) is 12.3. The van der Waals surface area contributed by atoms with Crippen LogP contribution in [0.1, 0.15) is 19.3 Å². The van der Waals surface area contributed by atoms with Gasteiger partial charge in [-0.15, -0.1) is 0 Å². The number of benzene rings is 1. The van der Waals surface area contributed by atoms with Crippen LogP contribution in [0.15, 0.2) is 29.2 Å². The summed E-state index contributed by atoms with van der Waals surface area (Å²) in [6.07, 6.45) is 2.97. The van der Waals surface area contributed by atoms with Crippen LogP contribution in [-0.2, 0) is 14.6 Å². The van der Waals surface area contributed by atoms with Gasteiger partial charge in [-0.05, 0) is 30.9 Å². The highest BCUT2D eigenvalue weighted by molar-refractivity contribution is 7.90. The van der Waals surface area contributed by atoms with Gasteiger partial charge in [0.05, 0.1) is 10.6 Å². The third kappa shape index (κ3) is 3.50. The molecular formula is C14H19NO4S. The fourth-order valence-corrected chi connectivity index (χ4v) is 3.56. The number of nitrogens with zero attached hydrogens (tertiary/aromatic N) is 1. The van der Waals surface area contributed by atoms with Crippen LogP contribution in [0.3, 0.4) is 0 Å². The minimum absolute atomic E-state index is 0.189. The van der Waals surface area contributed by atoms with Gasteiger partial charge in [0.1, 0.15) is 0 Å². The van der Waals surface area contributed by atoms with E-state index in [1.807, 2.05) is 17.0 Å². The van der Waals surface area contributed by atoms with E-state index in [1.54, 1.807) is 12.1 Å². The SMILES string of the molecule is CS(=O)(=O)c1ccccc1N1CCC(CC(=O)O)CC1. The molecule has 1 fully saturated rings. The van der Waals surface area contributed by atoms with Gasteiger partial charge in [-0.2, -0.15) is 0 Å². The van der Waals surface area contributed by atoms with Gasteiger partial charge in [0.25, 0.3) is 0 Å². The molecule has 0 unspecified atom stereocenters. The Labute approximate surface area is 119 Å². The van der Waals surface area contributed by atoms with Crippen LogP contribution in [0.2, 0.25) is 0 Å². The van der Waals surface area contributed by atoms with Crippen LogP contribution < -0.4 is 4.90 Å². The molecule has 0 spiro atoms. The molecule has 1 saturated heterocycles. The number of carbonyl (C=O) groups is 1. The van der Waals surface area contributed by atoms with E-state index in [1.165, 1.54) is 6.26 Å². The molecule has 6 heteroatoms. The number of piperidine rings is 1. The predicted molar refractivity (Wildman–Crippen MR) is 76.7 cm³/mol. The Bertz CT molecular complexity index is 589. The van der Waals surface area contributed by atoms with Gasteiger partial charge in [0.15, 0.2) is 9.84 Å². The fraction of sp³-hybridized carbons (Fsp3) is 0.500. The molecule has 0 aromatic heterocycles. The molecule has 1 aliphatic heterocycles. The zero-order chi connectivity index (χ0) is 14.8. The van der Waals surface area contributed by atoms with Crippen molar-refractivity contribution in [2.75, 3.05) is 24.2 Å². The summed E-state index contributed by atoms with van der Waals surface area (Å²) in [5, 5.41) is 8.81. The van der Waals surface area contributed by atoms with Crippen molar-refractivity contribution >= 4 is 21.5 Å². The van der Waals surface area contributed by atoms with Gasteiger partial charge >= 0.3 is 5.97 Å². The first-order valence-corrected chi connectivity index (χ1v) is 8.53.